The fourth-order valence-corrected chi connectivity index (χ4v) is 2.18. The Morgan fingerprint density at radius 1 is 1.40 bits per heavy atom. The molecule has 1 fully saturated rings. The van der Waals surface area contributed by atoms with Crippen LogP contribution in [-0.4, -0.2) is 42.8 Å². The molecule has 0 N–H and O–H groups in total. The molecule has 15 heavy (non-hydrogen) atoms. The van der Waals surface area contributed by atoms with Crippen LogP contribution >= 0.6 is 23.4 Å². The maximum atomic E-state index is 5.85. The van der Waals surface area contributed by atoms with E-state index in [1.54, 1.807) is 11.8 Å². The molecule has 0 spiro atoms. The summed E-state index contributed by atoms with van der Waals surface area (Å²) >= 11 is 7.44. The molecular formula is C9H12ClN3OS. The Bertz CT molecular complexity index is 344. The SMILES string of the molecule is CSc1nnc(Cl)cc1N1CCOCC1. The number of aromatic nitrogens is 2. The standard InChI is InChI=1S/C9H12ClN3OS/c1-15-9-7(6-8(10)11-12-9)13-2-4-14-5-3-13/h6H,2-5H2,1H3. The molecule has 0 bridgehead atoms. The van der Waals surface area contributed by atoms with E-state index in [0.717, 1.165) is 37.0 Å². The molecule has 0 radical (unpaired) electrons. The Balaban J connectivity index is 2.27. The molecule has 2 heterocycles. The molecule has 82 valence electrons. The topological polar surface area (TPSA) is 38.2 Å². The molecule has 1 aliphatic heterocycles. The molecule has 1 aliphatic rings. The predicted octanol–water partition coefficient (Wildman–Crippen LogP) is 1.69. The van der Waals surface area contributed by atoms with Crippen LogP contribution in [0.1, 0.15) is 0 Å². The third-order valence-corrected chi connectivity index (χ3v) is 3.12. The van der Waals surface area contributed by atoms with Crippen molar-refractivity contribution in [2.45, 2.75) is 5.03 Å². The van der Waals surface area contributed by atoms with Gasteiger partial charge in [-0.2, -0.15) is 0 Å². The van der Waals surface area contributed by atoms with Crippen LogP contribution in [0.4, 0.5) is 5.69 Å². The zero-order chi connectivity index (χ0) is 10.7. The first-order valence-corrected chi connectivity index (χ1v) is 6.31. The fourth-order valence-electron chi connectivity index (χ4n) is 1.52. The third kappa shape index (κ3) is 2.53. The van der Waals surface area contributed by atoms with Crippen LogP contribution in [0.15, 0.2) is 11.1 Å². The highest BCUT2D eigenvalue weighted by atomic mass is 35.5. The van der Waals surface area contributed by atoms with Crippen molar-refractivity contribution in [2.75, 3.05) is 37.5 Å². The van der Waals surface area contributed by atoms with Gasteiger partial charge < -0.3 is 9.64 Å². The first-order valence-electron chi connectivity index (χ1n) is 4.71. The van der Waals surface area contributed by atoms with Crippen molar-refractivity contribution in [3.63, 3.8) is 0 Å². The minimum Gasteiger partial charge on any atom is -0.378 e. The quantitative estimate of drug-likeness (QED) is 0.742. The Kier molecular flexibility index (Phi) is 3.66. The van der Waals surface area contributed by atoms with Crippen LogP contribution in [-0.2, 0) is 4.74 Å². The van der Waals surface area contributed by atoms with E-state index in [-0.39, 0.29) is 0 Å². The van der Waals surface area contributed by atoms with E-state index in [2.05, 4.69) is 15.1 Å². The highest BCUT2D eigenvalue weighted by Crippen LogP contribution is 2.28. The smallest absolute Gasteiger partial charge is 0.153 e. The second-order valence-corrected chi connectivity index (χ2v) is 4.34. The van der Waals surface area contributed by atoms with E-state index in [1.807, 2.05) is 12.3 Å². The van der Waals surface area contributed by atoms with E-state index in [9.17, 15) is 0 Å². The lowest BCUT2D eigenvalue weighted by atomic mass is 10.3. The van der Waals surface area contributed by atoms with Gasteiger partial charge in [0.1, 0.15) is 5.03 Å². The third-order valence-electron chi connectivity index (χ3n) is 2.26. The van der Waals surface area contributed by atoms with E-state index < -0.39 is 0 Å². The summed E-state index contributed by atoms with van der Waals surface area (Å²) in [7, 11) is 0. The van der Waals surface area contributed by atoms with Gasteiger partial charge in [-0.1, -0.05) is 11.6 Å². The van der Waals surface area contributed by atoms with Crippen molar-refractivity contribution in [2.24, 2.45) is 0 Å². The molecule has 1 aromatic heterocycles. The highest BCUT2D eigenvalue weighted by molar-refractivity contribution is 7.98. The average molecular weight is 246 g/mol. The molecule has 1 aromatic rings. The summed E-state index contributed by atoms with van der Waals surface area (Å²) in [4.78, 5) is 2.23. The Labute approximate surface area is 98.0 Å². The fraction of sp³-hybridized carbons (Fsp3) is 0.556. The number of ether oxygens (including phenoxy) is 1. The van der Waals surface area contributed by atoms with Crippen LogP contribution in [0.2, 0.25) is 5.15 Å². The van der Waals surface area contributed by atoms with Gasteiger partial charge in [-0.25, -0.2) is 0 Å². The van der Waals surface area contributed by atoms with Crippen molar-refractivity contribution in [1.29, 1.82) is 0 Å². The number of hydrogen-bond donors (Lipinski definition) is 0. The second kappa shape index (κ2) is 5.01. The van der Waals surface area contributed by atoms with Gasteiger partial charge in [0.2, 0.25) is 0 Å². The number of nitrogens with zero attached hydrogens (tertiary/aromatic N) is 3. The zero-order valence-electron chi connectivity index (χ0n) is 8.44. The molecule has 0 amide bonds. The average Bonchev–Trinajstić information content (AvgIpc) is 2.30. The first kappa shape index (κ1) is 11.0. The van der Waals surface area contributed by atoms with Gasteiger partial charge >= 0.3 is 0 Å². The molecule has 1 saturated heterocycles. The molecule has 0 atom stereocenters. The molecule has 0 unspecified atom stereocenters. The summed E-state index contributed by atoms with van der Waals surface area (Å²) in [5.74, 6) is 0. The molecule has 2 rings (SSSR count). The first-order chi connectivity index (χ1) is 7.31. The van der Waals surface area contributed by atoms with Crippen LogP contribution < -0.4 is 4.90 Å². The number of anilines is 1. The van der Waals surface area contributed by atoms with Crippen molar-refractivity contribution in [3.05, 3.63) is 11.2 Å². The van der Waals surface area contributed by atoms with Crippen molar-refractivity contribution >= 4 is 29.1 Å². The van der Waals surface area contributed by atoms with Gasteiger partial charge in [0.15, 0.2) is 5.15 Å². The van der Waals surface area contributed by atoms with E-state index in [1.165, 1.54) is 0 Å². The molecule has 0 aromatic carbocycles. The van der Waals surface area contributed by atoms with E-state index in [4.69, 9.17) is 16.3 Å². The number of halogens is 1. The van der Waals surface area contributed by atoms with E-state index in [0.29, 0.717) is 5.15 Å². The Morgan fingerprint density at radius 3 is 2.80 bits per heavy atom. The predicted molar refractivity (Wildman–Crippen MR) is 61.9 cm³/mol. The molecule has 4 nitrogen and oxygen atoms in total. The summed E-state index contributed by atoms with van der Waals surface area (Å²) in [6.07, 6.45) is 1.99. The van der Waals surface area contributed by atoms with Crippen molar-refractivity contribution < 1.29 is 4.74 Å². The zero-order valence-corrected chi connectivity index (χ0v) is 10.0. The second-order valence-electron chi connectivity index (χ2n) is 3.16. The van der Waals surface area contributed by atoms with Gasteiger partial charge in [-0.3, -0.25) is 0 Å². The van der Waals surface area contributed by atoms with Gasteiger partial charge in [0.05, 0.1) is 18.9 Å². The van der Waals surface area contributed by atoms with Crippen LogP contribution in [0.25, 0.3) is 0 Å². The number of morpholine rings is 1. The van der Waals surface area contributed by atoms with Crippen LogP contribution in [0.3, 0.4) is 0 Å². The summed E-state index contributed by atoms with van der Waals surface area (Å²) in [6.45, 7) is 3.28. The minimum atomic E-state index is 0.439. The highest BCUT2D eigenvalue weighted by Gasteiger charge is 2.16. The number of thioether (sulfide) groups is 1. The maximum absolute atomic E-state index is 5.85. The normalized spacial score (nSPS) is 16.8. The Morgan fingerprint density at radius 2 is 2.13 bits per heavy atom. The lowest BCUT2D eigenvalue weighted by Crippen LogP contribution is -2.36. The summed E-state index contributed by atoms with van der Waals surface area (Å²) in [5.41, 5.74) is 1.06. The van der Waals surface area contributed by atoms with Crippen molar-refractivity contribution in [3.8, 4) is 0 Å². The van der Waals surface area contributed by atoms with Crippen molar-refractivity contribution in [1.82, 2.24) is 10.2 Å². The Hall–Kier alpha value is -0.520. The monoisotopic (exact) mass is 245 g/mol. The summed E-state index contributed by atoms with van der Waals surface area (Å²) in [5, 5.41) is 9.27. The molecule has 6 heteroatoms. The molecular weight excluding hydrogens is 234 g/mol. The summed E-state index contributed by atoms with van der Waals surface area (Å²) in [6, 6.07) is 1.87. The van der Waals surface area contributed by atoms with Gasteiger partial charge in [0.25, 0.3) is 0 Å². The van der Waals surface area contributed by atoms with Gasteiger partial charge in [-0.15, -0.1) is 22.0 Å². The maximum Gasteiger partial charge on any atom is 0.153 e. The largest absolute Gasteiger partial charge is 0.378 e. The number of rotatable bonds is 2. The van der Waals surface area contributed by atoms with Gasteiger partial charge in [-0.05, 0) is 6.26 Å². The summed E-state index contributed by atoms with van der Waals surface area (Å²) < 4.78 is 5.31. The van der Waals surface area contributed by atoms with Crippen LogP contribution in [0, 0.1) is 0 Å². The minimum absolute atomic E-state index is 0.439. The lowest BCUT2D eigenvalue weighted by Gasteiger charge is -2.29. The molecule has 0 saturated carbocycles. The molecule has 0 aliphatic carbocycles. The number of hydrogen-bond acceptors (Lipinski definition) is 5. The van der Waals surface area contributed by atoms with E-state index >= 15 is 0 Å². The van der Waals surface area contributed by atoms with Crippen LogP contribution in [0.5, 0.6) is 0 Å². The lowest BCUT2D eigenvalue weighted by molar-refractivity contribution is 0.122. The van der Waals surface area contributed by atoms with Gasteiger partial charge in [0, 0.05) is 19.2 Å².